The number of aromatic nitrogens is 2. The van der Waals surface area contributed by atoms with Crippen LogP contribution in [0, 0.1) is 17.0 Å². The molecule has 0 amide bonds. The van der Waals surface area contributed by atoms with Gasteiger partial charge in [-0.05, 0) is 50.5 Å². The molecule has 0 aliphatic rings. The minimum absolute atomic E-state index is 0.431. The Balaban J connectivity index is 1.64. The number of pyridine rings is 2. The van der Waals surface area contributed by atoms with Gasteiger partial charge in [0.15, 0.2) is 5.82 Å². The van der Waals surface area contributed by atoms with E-state index >= 15 is 0 Å². The van der Waals surface area contributed by atoms with Gasteiger partial charge in [0.1, 0.15) is 0 Å². The third-order valence-corrected chi connectivity index (χ3v) is 5.32. The first-order chi connectivity index (χ1) is 14.0. The lowest BCUT2D eigenvalue weighted by molar-refractivity contribution is -0.404. The maximum Gasteiger partial charge on any atom is 0.274 e. The molecule has 9 heteroatoms. The minimum atomic E-state index is -0.452. The van der Waals surface area contributed by atoms with Crippen LogP contribution in [0.25, 0.3) is 0 Å². The highest BCUT2D eigenvalue weighted by atomic mass is 35.5. The number of unbranched alkanes of at least 4 members (excludes halogenated alkanes) is 1. The first-order valence-corrected chi connectivity index (χ1v) is 11.0. The normalized spacial score (nSPS) is 11.3. The Labute approximate surface area is 180 Å². The molecule has 0 aliphatic heterocycles. The Morgan fingerprint density at radius 1 is 1.24 bits per heavy atom. The Kier molecular flexibility index (Phi) is 10.3. The van der Waals surface area contributed by atoms with Gasteiger partial charge in [-0.25, -0.2) is 0 Å². The van der Waals surface area contributed by atoms with Crippen LogP contribution in [0.4, 0.5) is 0 Å². The molecule has 0 aliphatic carbocycles. The number of rotatable bonds is 13. The fraction of sp³-hybridized carbons (Fsp3) is 0.400. The summed E-state index contributed by atoms with van der Waals surface area (Å²) in [6.07, 6.45) is 5.25. The minimum Gasteiger partial charge on any atom is -0.367 e. The molecule has 0 saturated heterocycles. The van der Waals surface area contributed by atoms with Crippen LogP contribution in [0.5, 0.6) is 0 Å². The molecular formula is C20H26ClN5O2S. The Hall–Kier alpha value is -2.32. The lowest BCUT2D eigenvalue weighted by Crippen LogP contribution is -2.29. The fourth-order valence-electron chi connectivity index (χ4n) is 2.62. The number of aryl methyl sites for hydroxylation is 2. The van der Waals surface area contributed by atoms with Crippen LogP contribution in [0.15, 0.2) is 48.5 Å². The largest absolute Gasteiger partial charge is 0.367 e. The van der Waals surface area contributed by atoms with E-state index in [1.165, 1.54) is 0 Å². The summed E-state index contributed by atoms with van der Waals surface area (Å²) >= 11 is 7.83. The van der Waals surface area contributed by atoms with Gasteiger partial charge < -0.3 is 10.6 Å². The summed E-state index contributed by atoms with van der Waals surface area (Å²) in [7, 11) is 0. The lowest BCUT2D eigenvalue weighted by Gasteiger charge is -2.11. The molecule has 0 aromatic carbocycles. The van der Waals surface area contributed by atoms with Gasteiger partial charge in [0.25, 0.3) is 6.20 Å². The molecular weight excluding hydrogens is 410 g/mol. The smallest absolute Gasteiger partial charge is 0.274 e. The maximum absolute atomic E-state index is 10.8. The van der Waals surface area contributed by atoms with E-state index in [1.807, 2.05) is 37.3 Å². The van der Waals surface area contributed by atoms with Crippen molar-refractivity contribution in [2.75, 3.05) is 18.8 Å². The molecule has 2 aromatic rings. The van der Waals surface area contributed by atoms with Gasteiger partial charge in [-0.3, -0.25) is 20.1 Å². The van der Waals surface area contributed by atoms with Gasteiger partial charge in [-0.2, -0.15) is 11.8 Å². The Bertz CT molecular complexity index is 819. The predicted octanol–water partition coefficient (Wildman–Crippen LogP) is 3.95. The van der Waals surface area contributed by atoms with E-state index in [1.54, 1.807) is 18.0 Å². The Morgan fingerprint density at radius 3 is 2.83 bits per heavy atom. The van der Waals surface area contributed by atoms with Crippen LogP contribution in [0.3, 0.4) is 0 Å². The average Bonchev–Trinajstić information content (AvgIpc) is 2.68. The average molecular weight is 436 g/mol. The van der Waals surface area contributed by atoms with Crippen LogP contribution in [-0.4, -0.2) is 33.7 Å². The van der Waals surface area contributed by atoms with Crippen molar-refractivity contribution >= 4 is 23.4 Å². The SMILES string of the molecule is Cc1cccc(CSCCN/C(=C\[N+](=O)[O-])NCCCCc2ncccc2Cl)n1. The molecule has 0 radical (unpaired) electrons. The van der Waals surface area contributed by atoms with Crippen LogP contribution in [0.2, 0.25) is 5.02 Å². The van der Waals surface area contributed by atoms with Crippen LogP contribution < -0.4 is 10.6 Å². The van der Waals surface area contributed by atoms with Gasteiger partial charge in [0.05, 0.1) is 21.3 Å². The van der Waals surface area contributed by atoms with E-state index < -0.39 is 4.92 Å². The molecule has 0 spiro atoms. The number of hydrogen-bond donors (Lipinski definition) is 2. The van der Waals surface area contributed by atoms with Crippen molar-refractivity contribution in [2.24, 2.45) is 0 Å². The molecule has 29 heavy (non-hydrogen) atoms. The summed E-state index contributed by atoms with van der Waals surface area (Å²) in [4.78, 5) is 19.1. The van der Waals surface area contributed by atoms with E-state index in [2.05, 4.69) is 20.6 Å². The fourth-order valence-corrected chi connectivity index (χ4v) is 3.59. The molecule has 0 fully saturated rings. The summed E-state index contributed by atoms with van der Waals surface area (Å²) < 4.78 is 0. The number of thioether (sulfide) groups is 1. The van der Waals surface area contributed by atoms with Crippen molar-refractivity contribution in [1.82, 2.24) is 20.6 Å². The summed E-state index contributed by atoms with van der Waals surface area (Å²) in [6, 6.07) is 9.62. The van der Waals surface area contributed by atoms with Crippen LogP contribution in [0.1, 0.15) is 29.9 Å². The van der Waals surface area contributed by atoms with Gasteiger partial charge in [-0.15, -0.1) is 0 Å². The number of nitro groups is 1. The third-order valence-electron chi connectivity index (χ3n) is 3.98. The number of hydrogen-bond acceptors (Lipinski definition) is 7. The third kappa shape index (κ3) is 9.62. The molecule has 2 rings (SSSR count). The molecule has 0 atom stereocenters. The number of halogens is 1. The van der Waals surface area contributed by atoms with Crippen molar-refractivity contribution < 1.29 is 4.92 Å². The van der Waals surface area contributed by atoms with Gasteiger partial charge >= 0.3 is 0 Å². The second kappa shape index (κ2) is 13.0. The quantitative estimate of drug-likeness (QED) is 0.279. The van der Waals surface area contributed by atoms with Gasteiger partial charge in [0, 0.05) is 36.5 Å². The predicted molar refractivity (Wildman–Crippen MR) is 118 cm³/mol. The monoisotopic (exact) mass is 435 g/mol. The summed E-state index contributed by atoms with van der Waals surface area (Å²) in [5, 5.41) is 17.7. The zero-order chi connectivity index (χ0) is 20.9. The van der Waals surface area contributed by atoms with Crippen molar-refractivity contribution in [3.8, 4) is 0 Å². The molecule has 2 aromatic heterocycles. The molecule has 0 saturated carbocycles. The van der Waals surface area contributed by atoms with Crippen LogP contribution in [-0.2, 0) is 12.2 Å². The van der Waals surface area contributed by atoms with E-state index in [0.717, 1.165) is 54.0 Å². The first kappa shape index (κ1) is 23.0. The maximum atomic E-state index is 10.8. The summed E-state index contributed by atoms with van der Waals surface area (Å²) in [5.74, 6) is 2.08. The second-order valence-corrected chi connectivity index (χ2v) is 7.91. The number of nitrogens with zero attached hydrogens (tertiary/aromatic N) is 3. The highest BCUT2D eigenvalue weighted by Gasteiger charge is 2.04. The molecule has 2 heterocycles. The van der Waals surface area contributed by atoms with Crippen LogP contribution >= 0.6 is 23.4 Å². The van der Waals surface area contributed by atoms with E-state index in [9.17, 15) is 10.1 Å². The number of nitrogens with one attached hydrogen (secondary N) is 2. The van der Waals surface area contributed by atoms with E-state index in [-0.39, 0.29) is 0 Å². The van der Waals surface area contributed by atoms with E-state index in [0.29, 0.717) is 23.9 Å². The van der Waals surface area contributed by atoms with E-state index in [4.69, 9.17) is 11.6 Å². The zero-order valence-electron chi connectivity index (χ0n) is 16.4. The zero-order valence-corrected chi connectivity index (χ0v) is 18.0. The second-order valence-electron chi connectivity index (χ2n) is 6.39. The van der Waals surface area contributed by atoms with Gasteiger partial charge in [0.2, 0.25) is 0 Å². The lowest BCUT2D eigenvalue weighted by atomic mass is 10.2. The molecule has 2 N–H and O–H groups in total. The Morgan fingerprint density at radius 2 is 2.07 bits per heavy atom. The van der Waals surface area contributed by atoms with Gasteiger partial charge in [-0.1, -0.05) is 17.7 Å². The van der Waals surface area contributed by atoms with Crippen molar-refractivity contribution in [3.63, 3.8) is 0 Å². The molecule has 7 nitrogen and oxygen atoms in total. The first-order valence-electron chi connectivity index (χ1n) is 9.47. The van der Waals surface area contributed by atoms with Crippen molar-refractivity contribution in [1.29, 1.82) is 0 Å². The standard InChI is InChI=1S/C20H26ClN5O2S/c1-16-6-4-7-17(25-16)15-29-13-12-24-20(14-26(27)28)23-10-3-2-9-19-18(21)8-5-11-22-19/h4-8,11,14,23-24H,2-3,9-10,12-13,15H2,1H3/b20-14-. The summed E-state index contributed by atoms with van der Waals surface area (Å²) in [6.45, 7) is 3.24. The molecule has 156 valence electrons. The molecule has 0 bridgehead atoms. The van der Waals surface area contributed by atoms with Crippen molar-refractivity contribution in [2.45, 2.75) is 31.9 Å². The molecule has 0 unspecified atom stereocenters. The summed E-state index contributed by atoms with van der Waals surface area (Å²) in [5.41, 5.74) is 2.93. The highest BCUT2D eigenvalue weighted by molar-refractivity contribution is 7.98. The highest BCUT2D eigenvalue weighted by Crippen LogP contribution is 2.14. The van der Waals surface area contributed by atoms with Crippen molar-refractivity contribution in [3.05, 3.63) is 80.8 Å². The topological polar surface area (TPSA) is 93.0 Å².